The van der Waals surface area contributed by atoms with Crippen LogP contribution < -0.4 is 0 Å². The summed E-state index contributed by atoms with van der Waals surface area (Å²) in [6.07, 6.45) is 0. The van der Waals surface area contributed by atoms with E-state index in [1.54, 1.807) is 18.2 Å². The first kappa shape index (κ1) is 12.2. The molecule has 1 aromatic heterocycles. The molecule has 1 heterocycles. The second-order valence-electron chi connectivity index (χ2n) is 4.31. The van der Waals surface area contributed by atoms with E-state index in [0.717, 1.165) is 0 Å². The fourth-order valence-electron chi connectivity index (χ4n) is 2.06. The van der Waals surface area contributed by atoms with E-state index in [1.165, 1.54) is 30.3 Å². The number of halogens is 1. The van der Waals surface area contributed by atoms with Gasteiger partial charge in [-0.25, -0.2) is 9.37 Å². The summed E-state index contributed by atoms with van der Waals surface area (Å²) in [5.74, 6) is -0.391. The van der Waals surface area contributed by atoms with E-state index >= 15 is 0 Å². The molecule has 0 aliphatic carbocycles. The number of aromatic nitrogens is 1. The van der Waals surface area contributed by atoms with Crippen LogP contribution in [0.2, 0.25) is 0 Å². The number of para-hydroxylation sites is 1. The zero-order valence-corrected chi connectivity index (χ0v) is 10.3. The molecule has 0 N–H and O–H groups in total. The largest absolute Gasteiger partial charge is 0.296 e. The lowest BCUT2D eigenvalue weighted by Gasteiger charge is -2.05. The highest BCUT2D eigenvalue weighted by Gasteiger charge is 2.18. The van der Waals surface area contributed by atoms with Crippen LogP contribution in [0.5, 0.6) is 0 Å². The van der Waals surface area contributed by atoms with Gasteiger partial charge in [0.15, 0.2) is 0 Å². The number of hydrogen-bond donors (Lipinski definition) is 0. The van der Waals surface area contributed by atoms with E-state index in [-0.39, 0.29) is 11.4 Å². The molecule has 0 aliphatic heterocycles. The minimum Gasteiger partial charge on any atom is -0.258 e. The minimum atomic E-state index is -0.474. The lowest BCUT2D eigenvalue weighted by molar-refractivity contribution is -0.384. The average Bonchev–Trinajstić information content (AvgIpc) is 2.46. The Bertz CT molecular complexity index is 801. The molecule has 3 rings (SSSR count). The summed E-state index contributed by atoms with van der Waals surface area (Å²) in [5, 5.41) is 11.9. The van der Waals surface area contributed by atoms with Crippen LogP contribution in [0, 0.1) is 15.9 Å². The van der Waals surface area contributed by atoms with Gasteiger partial charge in [0.05, 0.1) is 10.4 Å². The number of benzene rings is 2. The SMILES string of the molecule is O=[N+]([O-])c1cc2ccccc2nc1-c1ccc(F)cc1. The summed E-state index contributed by atoms with van der Waals surface area (Å²) in [4.78, 5) is 15.1. The molecule has 98 valence electrons. The molecular weight excluding hydrogens is 259 g/mol. The van der Waals surface area contributed by atoms with Crippen molar-refractivity contribution in [2.24, 2.45) is 0 Å². The number of hydrogen-bond acceptors (Lipinski definition) is 3. The third-order valence-electron chi connectivity index (χ3n) is 3.02. The van der Waals surface area contributed by atoms with E-state index in [9.17, 15) is 14.5 Å². The molecule has 0 aliphatic rings. The number of rotatable bonds is 2. The molecule has 0 spiro atoms. The third-order valence-corrected chi connectivity index (χ3v) is 3.02. The maximum absolute atomic E-state index is 13.0. The second kappa shape index (κ2) is 4.70. The van der Waals surface area contributed by atoms with Gasteiger partial charge in [-0.3, -0.25) is 10.1 Å². The van der Waals surface area contributed by atoms with Gasteiger partial charge in [-0.05, 0) is 30.3 Å². The first-order chi connectivity index (χ1) is 9.65. The zero-order valence-electron chi connectivity index (χ0n) is 10.3. The van der Waals surface area contributed by atoms with Crippen molar-refractivity contribution in [3.05, 3.63) is 70.5 Å². The molecule has 0 amide bonds. The second-order valence-corrected chi connectivity index (χ2v) is 4.31. The Morgan fingerprint density at radius 2 is 1.75 bits per heavy atom. The first-order valence-corrected chi connectivity index (χ1v) is 5.95. The third kappa shape index (κ3) is 2.09. The fourth-order valence-corrected chi connectivity index (χ4v) is 2.06. The molecule has 2 aromatic carbocycles. The van der Waals surface area contributed by atoms with Gasteiger partial charge in [0.25, 0.3) is 5.69 Å². The number of nitro groups is 1. The summed E-state index contributed by atoms with van der Waals surface area (Å²) < 4.78 is 13.0. The molecule has 4 nitrogen and oxygen atoms in total. The summed E-state index contributed by atoms with van der Waals surface area (Å²) in [5.41, 5.74) is 1.34. The molecule has 20 heavy (non-hydrogen) atoms. The molecular formula is C15H9FN2O2. The summed E-state index contributed by atoms with van der Waals surface area (Å²) >= 11 is 0. The maximum atomic E-state index is 13.0. The van der Waals surface area contributed by atoms with Gasteiger partial charge >= 0.3 is 0 Å². The molecule has 0 saturated heterocycles. The number of fused-ring (bicyclic) bond motifs is 1. The van der Waals surface area contributed by atoms with Crippen molar-refractivity contribution < 1.29 is 9.31 Å². The normalized spacial score (nSPS) is 10.7. The lowest BCUT2D eigenvalue weighted by atomic mass is 10.1. The van der Waals surface area contributed by atoms with Gasteiger partial charge < -0.3 is 0 Å². The molecule has 0 radical (unpaired) electrons. The van der Waals surface area contributed by atoms with Crippen molar-refractivity contribution in [1.82, 2.24) is 4.98 Å². The Hall–Kier alpha value is -2.82. The Kier molecular flexibility index (Phi) is 2.87. The summed E-state index contributed by atoms with van der Waals surface area (Å²) in [6.45, 7) is 0. The fraction of sp³-hybridized carbons (Fsp3) is 0. The molecule has 0 unspecified atom stereocenters. The Morgan fingerprint density at radius 3 is 2.45 bits per heavy atom. The Labute approximate surface area is 113 Å². The Morgan fingerprint density at radius 1 is 1.05 bits per heavy atom. The highest BCUT2D eigenvalue weighted by molar-refractivity contribution is 5.86. The highest BCUT2D eigenvalue weighted by atomic mass is 19.1. The van der Waals surface area contributed by atoms with Gasteiger partial charge in [-0.2, -0.15) is 0 Å². The van der Waals surface area contributed by atoms with Gasteiger partial charge in [-0.15, -0.1) is 0 Å². The zero-order chi connectivity index (χ0) is 14.1. The van der Waals surface area contributed by atoms with Crippen molar-refractivity contribution in [2.75, 3.05) is 0 Å². The van der Waals surface area contributed by atoms with Crippen LogP contribution in [0.25, 0.3) is 22.2 Å². The lowest BCUT2D eigenvalue weighted by Crippen LogP contribution is -1.95. The van der Waals surface area contributed by atoms with Crippen LogP contribution in [0.1, 0.15) is 0 Å². The van der Waals surface area contributed by atoms with Crippen LogP contribution in [-0.4, -0.2) is 9.91 Å². The van der Waals surface area contributed by atoms with E-state index < -0.39 is 10.7 Å². The number of pyridine rings is 1. The van der Waals surface area contributed by atoms with E-state index in [1.807, 2.05) is 6.07 Å². The predicted molar refractivity (Wildman–Crippen MR) is 73.8 cm³/mol. The molecule has 5 heteroatoms. The highest BCUT2D eigenvalue weighted by Crippen LogP contribution is 2.31. The molecule has 0 bridgehead atoms. The van der Waals surface area contributed by atoms with Gasteiger partial charge in [0, 0.05) is 17.0 Å². The van der Waals surface area contributed by atoms with Crippen LogP contribution in [0.4, 0.5) is 10.1 Å². The quantitative estimate of drug-likeness (QED) is 0.522. The van der Waals surface area contributed by atoms with E-state index in [2.05, 4.69) is 4.98 Å². The standard InChI is InChI=1S/C15H9FN2O2/c16-12-7-5-10(6-8-12)15-14(18(19)20)9-11-3-1-2-4-13(11)17-15/h1-9H. The van der Waals surface area contributed by atoms with Crippen LogP contribution in [0.15, 0.2) is 54.6 Å². The summed E-state index contributed by atoms with van der Waals surface area (Å²) in [6, 6.07) is 14.1. The molecule has 0 fully saturated rings. The van der Waals surface area contributed by atoms with Crippen molar-refractivity contribution in [1.29, 1.82) is 0 Å². The van der Waals surface area contributed by atoms with E-state index in [0.29, 0.717) is 16.5 Å². The van der Waals surface area contributed by atoms with Crippen LogP contribution in [0.3, 0.4) is 0 Å². The smallest absolute Gasteiger partial charge is 0.258 e. The van der Waals surface area contributed by atoms with Crippen molar-refractivity contribution >= 4 is 16.6 Å². The van der Waals surface area contributed by atoms with Crippen molar-refractivity contribution in [3.63, 3.8) is 0 Å². The van der Waals surface area contributed by atoms with Crippen LogP contribution in [-0.2, 0) is 0 Å². The van der Waals surface area contributed by atoms with Gasteiger partial charge in [0.1, 0.15) is 11.5 Å². The monoisotopic (exact) mass is 268 g/mol. The summed E-state index contributed by atoms with van der Waals surface area (Å²) in [7, 11) is 0. The molecule has 0 atom stereocenters. The van der Waals surface area contributed by atoms with Gasteiger partial charge in [0.2, 0.25) is 0 Å². The first-order valence-electron chi connectivity index (χ1n) is 5.95. The van der Waals surface area contributed by atoms with E-state index in [4.69, 9.17) is 0 Å². The molecule has 3 aromatic rings. The van der Waals surface area contributed by atoms with Crippen LogP contribution >= 0.6 is 0 Å². The predicted octanol–water partition coefficient (Wildman–Crippen LogP) is 3.95. The number of nitrogens with zero attached hydrogens (tertiary/aromatic N) is 2. The minimum absolute atomic E-state index is 0.0877. The topological polar surface area (TPSA) is 56.0 Å². The van der Waals surface area contributed by atoms with Crippen molar-refractivity contribution in [2.45, 2.75) is 0 Å². The Balaban J connectivity index is 2.29. The van der Waals surface area contributed by atoms with Crippen molar-refractivity contribution in [3.8, 4) is 11.3 Å². The van der Waals surface area contributed by atoms with Gasteiger partial charge in [-0.1, -0.05) is 18.2 Å². The molecule has 0 saturated carbocycles. The average molecular weight is 268 g/mol. The maximum Gasteiger partial charge on any atom is 0.296 e.